The van der Waals surface area contributed by atoms with E-state index in [1.54, 1.807) is 6.92 Å². The maximum absolute atomic E-state index is 9.39. The van der Waals surface area contributed by atoms with Crippen LogP contribution in [0.4, 0.5) is 0 Å². The Morgan fingerprint density at radius 1 is 1.17 bits per heavy atom. The summed E-state index contributed by atoms with van der Waals surface area (Å²) < 4.78 is 22.2. The van der Waals surface area contributed by atoms with Gasteiger partial charge in [0.25, 0.3) is 0 Å². The van der Waals surface area contributed by atoms with Gasteiger partial charge in [-0.3, -0.25) is 0 Å². The first-order chi connectivity index (χ1) is 4.54. The Hall–Kier alpha value is 2.04. The molecule has 3 N–H and O–H groups in total. The Labute approximate surface area is 116 Å². The van der Waals surface area contributed by atoms with Gasteiger partial charge in [0.05, 0.1) is 0 Å². The van der Waals surface area contributed by atoms with Gasteiger partial charge in [0.15, 0.2) is 4.31 Å². The molecule has 0 fully saturated rings. The van der Waals surface area contributed by atoms with Crippen molar-refractivity contribution in [3.05, 3.63) is 0 Å². The van der Waals surface area contributed by atoms with Gasteiger partial charge >= 0.3 is 16.5 Å². The first-order valence-electron chi connectivity index (χ1n) is 2.15. The molecule has 0 aliphatic rings. The van der Waals surface area contributed by atoms with Crippen LogP contribution in [0.15, 0.2) is 0 Å². The van der Waals surface area contributed by atoms with Crippen LogP contribution in [-0.2, 0) is 13.4 Å². The third-order valence-corrected chi connectivity index (χ3v) is 1.26. The summed E-state index contributed by atoms with van der Waals surface area (Å²) in [5.74, 6) is 0. The fourth-order valence-electron chi connectivity index (χ4n) is 0.0598. The minimum absolute atomic E-state index is 0. The van der Waals surface area contributed by atoms with E-state index in [2.05, 4.69) is 4.31 Å². The maximum atomic E-state index is 9.39. The first-order valence-corrected chi connectivity index (χ1v) is 4.41. The van der Waals surface area contributed by atoms with Gasteiger partial charge in [-0.15, -0.1) is 9.79 Å². The van der Waals surface area contributed by atoms with E-state index in [-0.39, 0.29) is 65.7 Å². The molecule has 0 rings (SSSR count). The third kappa shape index (κ3) is 40.2. The maximum Gasteiger partial charge on any atom is 0.745 e. The van der Waals surface area contributed by atoms with Crippen LogP contribution in [0.3, 0.4) is 0 Å². The van der Waals surface area contributed by atoms with Crippen molar-refractivity contribution in [2.75, 3.05) is 6.61 Å². The molecule has 0 aromatic heterocycles. The predicted octanol–water partition coefficient (Wildman–Crippen LogP) is -0.461. The van der Waals surface area contributed by atoms with E-state index in [1.165, 1.54) is 0 Å². The first kappa shape index (κ1) is 23.7. The van der Waals surface area contributed by atoms with E-state index in [0.29, 0.717) is 0 Å². The van der Waals surface area contributed by atoms with Gasteiger partial charge in [-0.25, -0.2) is 0 Å². The fraction of sp³-hybridized carbons (Fsp3) is 1.00. The third-order valence-electron chi connectivity index (χ3n) is 0.140. The van der Waals surface area contributed by atoms with Crippen LogP contribution in [-0.4, -0.2) is 80.6 Å². The van der Waals surface area contributed by atoms with Crippen LogP contribution in [0.5, 0.6) is 0 Å². The Bertz CT molecular complexity index is 108. The topological polar surface area (TPSA) is 104 Å². The average Bonchev–Trinajstić information content (AvgIpc) is 1.62. The molecule has 6 nitrogen and oxygen atoms in total. The Morgan fingerprint density at radius 3 is 1.33 bits per heavy atom. The second kappa shape index (κ2) is 18.8. The zero-order chi connectivity index (χ0) is 8.57. The molecule has 62 valence electrons. The van der Waals surface area contributed by atoms with E-state index in [4.69, 9.17) is 14.9 Å². The molecule has 2 radical (unpaired) electrons. The quantitative estimate of drug-likeness (QED) is 0.442. The zero-order valence-corrected chi connectivity index (χ0v) is 13.0. The summed E-state index contributed by atoms with van der Waals surface area (Å²) in [4.78, 5) is 15.3. The Morgan fingerprint density at radius 2 is 1.33 bits per heavy atom. The molecule has 0 spiro atoms. The summed E-state index contributed by atoms with van der Waals surface area (Å²) in [5.41, 5.74) is 0. The molecular weight excluding hydrogens is 228 g/mol. The number of aliphatic hydroxyl groups is 1. The van der Waals surface area contributed by atoms with Crippen molar-refractivity contribution in [1.82, 2.24) is 0 Å². The van der Waals surface area contributed by atoms with E-state index < -0.39 is 16.5 Å². The molecule has 0 heterocycles. The van der Waals surface area contributed by atoms with Crippen LogP contribution in [0.1, 0.15) is 6.92 Å². The van der Waals surface area contributed by atoms with Gasteiger partial charge in [0, 0.05) is 74.9 Å². The number of rotatable bonds is 2. The van der Waals surface area contributed by atoms with Crippen molar-refractivity contribution >= 4 is 75.6 Å². The summed E-state index contributed by atoms with van der Waals surface area (Å²) in [7, 11) is -5.85. The van der Waals surface area contributed by atoms with Gasteiger partial charge in [0.1, 0.15) is 0 Å². The molecular formula is C2H8Na2O6P2+2. The van der Waals surface area contributed by atoms with Crippen molar-refractivity contribution in [2.24, 2.45) is 0 Å². The molecule has 12 heavy (non-hydrogen) atoms. The molecule has 0 aromatic carbocycles. The van der Waals surface area contributed by atoms with Gasteiger partial charge in [-0.05, 0) is 6.92 Å². The molecule has 2 atom stereocenters. The summed E-state index contributed by atoms with van der Waals surface area (Å²) in [6, 6.07) is 0. The molecule has 0 saturated heterocycles. The minimum Gasteiger partial charge on any atom is -0.397 e. The van der Waals surface area contributed by atoms with Crippen LogP contribution in [0, 0.1) is 0 Å². The molecule has 0 aromatic rings. The van der Waals surface area contributed by atoms with Crippen molar-refractivity contribution < 1.29 is 28.3 Å². The second-order valence-electron chi connectivity index (χ2n) is 0.874. The van der Waals surface area contributed by atoms with E-state index in [9.17, 15) is 9.13 Å². The summed E-state index contributed by atoms with van der Waals surface area (Å²) >= 11 is 0. The van der Waals surface area contributed by atoms with Crippen molar-refractivity contribution in [2.45, 2.75) is 6.92 Å². The Kier molecular flexibility index (Phi) is 37.0. The Balaban J connectivity index is -0.0000000569. The minimum atomic E-state index is -2.92. The summed E-state index contributed by atoms with van der Waals surface area (Å²) in [6.45, 7) is 1.93. The molecule has 0 aliphatic heterocycles. The van der Waals surface area contributed by atoms with Crippen LogP contribution in [0.2, 0.25) is 0 Å². The summed E-state index contributed by atoms with van der Waals surface area (Å²) in [6.07, 6.45) is 0. The number of hydrogen-bond acceptors (Lipinski definition) is 4. The van der Waals surface area contributed by atoms with Gasteiger partial charge in [-0.2, -0.15) is 0 Å². The average molecular weight is 236 g/mol. The zero-order valence-electron chi connectivity index (χ0n) is 7.17. The normalized spacial score (nSPS) is 9.33. The fourth-order valence-corrected chi connectivity index (χ4v) is 0.538. The molecule has 0 saturated carbocycles. The van der Waals surface area contributed by atoms with Crippen molar-refractivity contribution in [3.63, 3.8) is 0 Å². The molecule has 10 heteroatoms. The van der Waals surface area contributed by atoms with E-state index in [1.807, 2.05) is 0 Å². The van der Waals surface area contributed by atoms with E-state index >= 15 is 0 Å². The van der Waals surface area contributed by atoms with E-state index in [0.717, 1.165) is 0 Å². The molecule has 0 bridgehead atoms. The standard InChI is InChI=1S/C2H6O.2Na.O5P2/c1-2-3;;;1-6(2)5-7(3)4/h3H,2H2,1H3;;;/p+2. The molecule has 0 amide bonds. The summed E-state index contributed by atoms with van der Waals surface area (Å²) in [5, 5.41) is 7.57. The number of aliphatic hydroxyl groups excluding tert-OH is 1. The van der Waals surface area contributed by atoms with Crippen LogP contribution >= 0.6 is 16.5 Å². The SMILES string of the molecule is CCO.O=[P+](O)O[P+](=O)O.[Na].[Na]. The molecule has 2 unspecified atom stereocenters. The van der Waals surface area contributed by atoms with Gasteiger partial charge in [0.2, 0.25) is 0 Å². The largest absolute Gasteiger partial charge is 0.745 e. The number of hydrogen-bond donors (Lipinski definition) is 3. The predicted molar refractivity (Wildman–Crippen MR) is 45.0 cm³/mol. The van der Waals surface area contributed by atoms with Crippen LogP contribution in [0.25, 0.3) is 0 Å². The van der Waals surface area contributed by atoms with Crippen LogP contribution < -0.4 is 0 Å². The molecule has 0 aliphatic carbocycles. The van der Waals surface area contributed by atoms with Crippen molar-refractivity contribution in [3.8, 4) is 0 Å². The monoisotopic (exact) mass is 236 g/mol. The second-order valence-corrected chi connectivity index (χ2v) is 2.48. The van der Waals surface area contributed by atoms with Gasteiger partial charge < -0.3 is 5.11 Å². The van der Waals surface area contributed by atoms with Crippen molar-refractivity contribution in [1.29, 1.82) is 0 Å². The smallest absolute Gasteiger partial charge is 0.397 e. The van der Waals surface area contributed by atoms with Gasteiger partial charge in [-0.1, -0.05) is 0 Å².